The quantitative estimate of drug-likeness (QED) is 0.763. The Morgan fingerprint density at radius 1 is 1.52 bits per heavy atom. The van der Waals surface area contributed by atoms with Crippen molar-refractivity contribution in [2.45, 2.75) is 13.3 Å². The Labute approximate surface area is 141 Å². The lowest BCUT2D eigenvalue weighted by Gasteiger charge is -2.11. The van der Waals surface area contributed by atoms with Gasteiger partial charge in [-0.15, -0.1) is 0 Å². The Balaban J connectivity index is 2.30. The van der Waals surface area contributed by atoms with Crippen LogP contribution in [0.2, 0.25) is 0 Å². The molecule has 122 valence electrons. The number of carbonyl (C=O) groups excluding carboxylic acids is 2. The second-order valence-corrected chi connectivity index (χ2v) is 5.70. The molecule has 0 spiro atoms. The molecule has 0 saturated heterocycles. The maximum absolute atomic E-state index is 12.3. The molecule has 0 aliphatic carbocycles. The first kappa shape index (κ1) is 17.0. The highest BCUT2D eigenvalue weighted by Gasteiger charge is 2.27. The van der Waals surface area contributed by atoms with E-state index in [4.69, 9.17) is 4.74 Å². The van der Waals surface area contributed by atoms with Gasteiger partial charge in [0, 0.05) is 12.4 Å². The average Bonchev–Trinajstić information content (AvgIpc) is 2.76. The molecule has 0 atom stereocenters. The number of hydrogen-bond acceptors (Lipinski definition) is 6. The SMILES string of the molecule is COc1cc(/C=C2\C(=O)N(CCC(=O)[O-])N=C2C)cc(Br)c1O. The molecule has 1 N–H and O–H groups in total. The first-order chi connectivity index (χ1) is 10.8. The Morgan fingerprint density at radius 3 is 2.83 bits per heavy atom. The van der Waals surface area contributed by atoms with Crippen LogP contribution in [-0.4, -0.2) is 41.4 Å². The minimum absolute atomic E-state index is 0.0339. The molecule has 1 aliphatic heterocycles. The number of nitrogens with zero attached hydrogens (tertiary/aromatic N) is 2. The van der Waals surface area contributed by atoms with E-state index in [1.54, 1.807) is 25.1 Å². The van der Waals surface area contributed by atoms with Crippen molar-refractivity contribution in [2.75, 3.05) is 13.7 Å². The monoisotopic (exact) mass is 381 g/mol. The van der Waals surface area contributed by atoms with Crippen LogP contribution in [0.4, 0.5) is 0 Å². The maximum Gasteiger partial charge on any atom is 0.275 e. The molecule has 1 heterocycles. The van der Waals surface area contributed by atoms with Crippen molar-refractivity contribution in [1.82, 2.24) is 5.01 Å². The van der Waals surface area contributed by atoms with E-state index in [1.807, 2.05) is 0 Å². The van der Waals surface area contributed by atoms with Gasteiger partial charge in [0.25, 0.3) is 5.91 Å². The Hall–Kier alpha value is -2.35. The van der Waals surface area contributed by atoms with E-state index in [0.717, 1.165) is 5.01 Å². The van der Waals surface area contributed by atoms with Crippen molar-refractivity contribution in [3.8, 4) is 11.5 Å². The molecule has 0 saturated carbocycles. The summed E-state index contributed by atoms with van der Waals surface area (Å²) in [6.45, 7) is 1.62. The number of phenolic OH excluding ortho intramolecular Hbond substituents is 1. The molecule has 2 rings (SSSR count). The molecular formula is C15H14BrN2O5-. The topological polar surface area (TPSA) is 102 Å². The summed E-state index contributed by atoms with van der Waals surface area (Å²) in [4.78, 5) is 22.8. The number of amides is 1. The van der Waals surface area contributed by atoms with Crippen LogP contribution in [0.5, 0.6) is 11.5 Å². The van der Waals surface area contributed by atoms with Crippen molar-refractivity contribution in [2.24, 2.45) is 5.10 Å². The zero-order valence-electron chi connectivity index (χ0n) is 12.5. The van der Waals surface area contributed by atoms with Crippen LogP contribution in [0.3, 0.4) is 0 Å². The molecular weight excluding hydrogens is 368 g/mol. The smallest absolute Gasteiger partial charge is 0.275 e. The van der Waals surface area contributed by atoms with Crippen LogP contribution in [0.25, 0.3) is 6.08 Å². The maximum atomic E-state index is 12.3. The van der Waals surface area contributed by atoms with Gasteiger partial charge < -0.3 is 19.7 Å². The van der Waals surface area contributed by atoms with Gasteiger partial charge in [-0.05, 0) is 46.6 Å². The van der Waals surface area contributed by atoms with Crippen LogP contribution in [-0.2, 0) is 9.59 Å². The molecule has 1 aromatic rings. The van der Waals surface area contributed by atoms with Gasteiger partial charge >= 0.3 is 0 Å². The van der Waals surface area contributed by atoms with Crippen molar-refractivity contribution in [1.29, 1.82) is 0 Å². The summed E-state index contributed by atoms with van der Waals surface area (Å²) in [5.41, 5.74) is 1.46. The number of carbonyl (C=O) groups is 2. The van der Waals surface area contributed by atoms with E-state index < -0.39 is 5.97 Å². The highest BCUT2D eigenvalue weighted by Crippen LogP contribution is 2.36. The van der Waals surface area contributed by atoms with E-state index in [9.17, 15) is 19.8 Å². The molecule has 0 aromatic heterocycles. The van der Waals surface area contributed by atoms with Crippen LogP contribution in [0.15, 0.2) is 27.3 Å². The second-order valence-electron chi connectivity index (χ2n) is 4.85. The van der Waals surface area contributed by atoms with Gasteiger partial charge in [-0.3, -0.25) is 4.79 Å². The fourth-order valence-electron chi connectivity index (χ4n) is 2.09. The number of carboxylic acid groups (broad SMARTS) is 1. The van der Waals surface area contributed by atoms with Gasteiger partial charge in [0.05, 0.1) is 29.4 Å². The molecule has 8 heteroatoms. The number of carboxylic acids is 1. The normalized spacial score (nSPS) is 16.0. The number of ether oxygens (including phenoxy) is 1. The van der Waals surface area contributed by atoms with Crippen LogP contribution in [0, 0.1) is 0 Å². The number of halogens is 1. The molecule has 1 aliphatic rings. The average molecular weight is 382 g/mol. The number of rotatable bonds is 5. The number of methoxy groups -OCH3 is 1. The van der Waals surface area contributed by atoms with Gasteiger partial charge in [0.2, 0.25) is 0 Å². The zero-order valence-corrected chi connectivity index (χ0v) is 14.1. The summed E-state index contributed by atoms with van der Waals surface area (Å²) in [5, 5.41) is 25.5. The predicted molar refractivity (Wildman–Crippen MR) is 84.8 cm³/mol. The number of aromatic hydroxyl groups is 1. The first-order valence-electron chi connectivity index (χ1n) is 6.69. The van der Waals surface area contributed by atoms with Gasteiger partial charge in [-0.1, -0.05) is 0 Å². The molecule has 0 unspecified atom stereocenters. The van der Waals surface area contributed by atoms with E-state index in [1.165, 1.54) is 7.11 Å². The third-order valence-electron chi connectivity index (χ3n) is 3.23. The lowest BCUT2D eigenvalue weighted by molar-refractivity contribution is -0.305. The van der Waals surface area contributed by atoms with Gasteiger partial charge in [-0.25, -0.2) is 5.01 Å². The van der Waals surface area contributed by atoms with E-state index in [2.05, 4.69) is 21.0 Å². The fraction of sp³-hybridized carbons (Fsp3) is 0.267. The second kappa shape index (κ2) is 6.82. The zero-order chi connectivity index (χ0) is 17.1. The Morgan fingerprint density at radius 2 is 2.22 bits per heavy atom. The van der Waals surface area contributed by atoms with E-state index in [0.29, 0.717) is 21.3 Å². The van der Waals surface area contributed by atoms with Crippen molar-refractivity contribution in [3.05, 3.63) is 27.7 Å². The third kappa shape index (κ3) is 3.70. The summed E-state index contributed by atoms with van der Waals surface area (Å²) in [6.07, 6.45) is 1.32. The van der Waals surface area contributed by atoms with Gasteiger partial charge in [0.1, 0.15) is 0 Å². The summed E-state index contributed by atoms with van der Waals surface area (Å²) in [7, 11) is 1.42. The molecule has 0 fully saturated rings. The number of phenols is 1. The van der Waals surface area contributed by atoms with Gasteiger partial charge in [-0.2, -0.15) is 5.10 Å². The number of hydrogen-bond donors (Lipinski definition) is 1. The molecule has 0 bridgehead atoms. The van der Waals surface area contributed by atoms with Crippen LogP contribution < -0.4 is 9.84 Å². The molecule has 1 amide bonds. The number of aliphatic carboxylic acids is 1. The summed E-state index contributed by atoms with van der Waals surface area (Å²) in [5.74, 6) is -1.39. The Kier molecular flexibility index (Phi) is 5.05. The fourth-order valence-corrected chi connectivity index (χ4v) is 2.55. The molecule has 1 aromatic carbocycles. The van der Waals surface area contributed by atoms with E-state index >= 15 is 0 Å². The standard InChI is InChI=1S/C15H15BrN2O5/c1-8-10(15(22)18(17-8)4-3-13(19)20)5-9-6-11(16)14(21)12(7-9)23-2/h5-7,21H,3-4H2,1-2H3,(H,19,20)/p-1/b10-5-. The summed E-state index contributed by atoms with van der Waals surface area (Å²) >= 11 is 3.21. The molecule has 7 nitrogen and oxygen atoms in total. The van der Waals surface area contributed by atoms with Crippen molar-refractivity contribution < 1.29 is 24.5 Å². The number of benzene rings is 1. The van der Waals surface area contributed by atoms with Crippen molar-refractivity contribution >= 4 is 39.6 Å². The largest absolute Gasteiger partial charge is 0.550 e. The lowest BCUT2D eigenvalue weighted by atomic mass is 10.1. The first-order valence-corrected chi connectivity index (χ1v) is 7.48. The molecule has 0 radical (unpaired) electrons. The highest BCUT2D eigenvalue weighted by atomic mass is 79.9. The summed E-state index contributed by atoms with van der Waals surface area (Å²) < 4.78 is 5.49. The minimum atomic E-state index is -1.24. The summed E-state index contributed by atoms with van der Waals surface area (Å²) in [6, 6.07) is 3.22. The predicted octanol–water partition coefficient (Wildman–Crippen LogP) is 0.905. The Bertz CT molecular complexity index is 727. The van der Waals surface area contributed by atoms with E-state index in [-0.39, 0.29) is 30.4 Å². The van der Waals surface area contributed by atoms with Crippen LogP contribution in [0.1, 0.15) is 18.9 Å². The number of hydrazone groups is 1. The van der Waals surface area contributed by atoms with Gasteiger partial charge in [0.15, 0.2) is 11.5 Å². The highest BCUT2D eigenvalue weighted by molar-refractivity contribution is 9.10. The molecule has 23 heavy (non-hydrogen) atoms. The minimum Gasteiger partial charge on any atom is -0.550 e. The third-order valence-corrected chi connectivity index (χ3v) is 3.84. The van der Waals surface area contributed by atoms with Crippen LogP contribution >= 0.6 is 15.9 Å². The van der Waals surface area contributed by atoms with Crippen molar-refractivity contribution in [3.63, 3.8) is 0 Å². The lowest BCUT2D eigenvalue weighted by Crippen LogP contribution is -2.30.